The summed E-state index contributed by atoms with van der Waals surface area (Å²) in [5.74, 6) is 6.35. The van der Waals surface area contributed by atoms with Crippen LogP contribution in [0.3, 0.4) is 0 Å². The molecule has 2 unspecified atom stereocenters. The maximum absolute atomic E-state index is 6.16. The number of hydrazine groups is 1. The van der Waals surface area contributed by atoms with E-state index in [1.807, 2.05) is 6.92 Å². The van der Waals surface area contributed by atoms with Gasteiger partial charge in [-0.25, -0.2) is 10.8 Å². The molecular weight excluding hydrogens is 299 g/mol. The van der Waals surface area contributed by atoms with Crippen LogP contribution in [0, 0.1) is 5.41 Å². The average Bonchev–Trinajstić information content (AvgIpc) is 2.40. The number of aromatic nitrogens is 1. The van der Waals surface area contributed by atoms with E-state index in [4.69, 9.17) is 33.8 Å². The fourth-order valence-corrected chi connectivity index (χ4v) is 2.92. The van der Waals surface area contributed by atoms with Crippen LogP contribution in [0.5, 0.6) is 0 Å². The van der Waals surface area contributed by atoms with Crippen LogP contribution in [0.25, 0.3) is 0 Å². The third-order valence-corrected chi connectivity index (χ3v) is 4.50. The quantitative estimate of drug-likeness (QED) is 0.574. The van der Waals surface area contributed by atoms with Crippen molar-refractivity contribution in [2.45, 2.75) is 39.3 Å². The Morgan fingerprint density at radius 3 is 2.60 bits per heavy atom. The fraction of sp³-hybridized carbons (Fsp3) is 0.615. The number of halogens is 2. The first-order chi connectivity index (χ1) is 9.40. The zero-order chi connectivity index (χ0) is 14.9. The van der Waals surface area contributed by atoms with E-state index in [1.165, 1.54) is 0 Å². The van der Waals surface area contributed by atoms with Crippen LogP contribution >= 0.6 is 23.2 Å². The van der Waals surface area contributed by atoms with Crippen molar-refractivity contribution >= 4 is 34.8 Å². The second kappa shape index (κ2) is 5.93. The minimum absolute atomic E-state index is 0.0248. The summed E-state index contributed by atoms with van der Waals surface area (Å²) in [6.45, 7) is 7.07. The normalized spacial score (nSPS) is 24.1. The van der Waals surface area contributed by atoms with Crippen LogP contribution in [-0.2, 0) is 4.74 Å². The Bertz CT molecular complexity index is 496. The smallest absolute Gasteiger partial charge is 0.161 e. The predicted octanol–water partition coefficient (Wildman–Crippen LogP) is 3.29. The highest BCUT2D eigenvalue weighted by Crippen LogP contribution is 2.45. The molecule has 1 aliphatic carbocycles. The van der Waals surface area contributed by atoms with Crippen molar-refractivity contribution in [1.82, 2.24) is 4.98 Å². The summed E-state index contributed by atoms with van der Waals surface area (Å²) in [6, 6.07) is 1.87. The number of ether oxygens (including phenoxy) is 1. The van der Waals surface area contributed by atoms with Gasteiger partial charge in [0.25, 0.3) is 0 Å². The maximum atomic E-state index is 6.16. The van der Waals surface area contributed by atoms with E-state index < -0.39 is 0 Å². The van der Waals surface area contributed by atoms with Gasteiger partial charge in [0, 0.05) is 18.1 Å². The zero-order valence-corrected chi connectivity index (χ0v) is 13.3. The highest BCUT2D eigenvalue weighted by Gasteiger charge is 2.49. The second-order valence-electron chi connectivity index (χ2n) is 5.49. The van der Waals surface area contributed by atoms with Gasteiger partial charge in [0.05, 0.1) is 16.1 Å². The number of nitrogens with two attached hydrogens (primary N) is 1. The molecule has 7 heteroatoms. The Labute approximate surface area is 129 Å². The average molecular weight is 319 g/mol. The Morgan fingerprint density at radius 2 is 2.05 bits per heavy atom. The molecule has 112 valence electrons. The van der Waals surface area contributed by atoms with Crippen LogP contribution in [0.1, 0.15) is 27.2 Å². The molecule has 0 saturated heterocycles. The van der Waals surface area contributed by atoms with E-state index in [2.05, 4.69) is 29.6 Å². The third-order valence-electron chi connectivity index (χ3n) is 3.92. The van der Waals surface area contributed by atoms with E-state index in [0.29, 0.717) is 21.7 Å². The van der Waals surface area contributed by atoms with Gasteiger partial charge < -0.3 is 15.5 Å². The van der Waals surface area contributed by atoms with Gasteiger partial charge in [0.15, 0.2) is 5.82 Å². The van der Waals surface area contributed by atoms with Gasteiger partial charge in [0.1, 0.15) is 5.82 Å². The molecule has 1 heterocycles. The van der Waals surface area contributed by atoms with Crippen LogP contribution < -0.4 is 16.6 Å². The molecule has 1 fully saturated rings. The van der Waals surface area contributed by atoms with E-state index >= 15 is 0 Å². The van der Waals surface area contributed by atoms with Gasteiger partial charge >= 0.3 is 0 Å². The Balaban J connectivity index is 2.12. The highest BCUT2D eigenvalue weighted by molar-refractivity contribution is 6.37. The first kappa shape index (κ1) is 15.6. The molecule has 0 bridgehead atoms. The first-order valence-corrected chi connectivity index (χ1v) is 7.36. The van der Waals surface area contributed by atoms with Crippen molar-refractivity contribution in [3.63, 3.8) is 0 Å². The number of anilines is 2. The summed E-state index contributed by atoms with van der Waals surface area (Å²) < 4.78 is 5.71. The molecule has 1 saturated carbocycles. The lowest BCUT2D eigenvalue weighted by Gasteiger charge is -2.51. The molecule has 1 aromatic heterocycles. The summed E-state index contributed by atoms with van der Waals surface area (Å²) in [6.07, 6.45) is 1.18. The van der Waals surface area contributed by atoms with Gasteiger partial charge in [-0.05, 0) is 19.4 Å². The summed E-state index contributed by atoms with van der Waals surface area (Å²) in [4.78, 5) is 4.30. The van der Waals surface area contributed by atoms with Gasteiger partial charge in [0.2, 0.25) is 0 Å². The van der Waals surface area contributed by atoms with Crippen LogP contribution in [0.15, 0.2) is 6.07 Å². The molecule has 2 rings (SSSR count). The maximum Gasteiger partial charge on any atom is 0.161 e. The molecule has 1 aliphatic rings. The summed E-state index contributed by atoms with van der Waals surface area (Å²) in [7, 11) is 0. The van der Waals surface area contributed by atoms with Crippen LogP contribution in [0.2, 0.25) is 10.0 Å². The lowest BCUT2D eigenvalue weighted by Crippen LogP contribution is -2.58. The standard InChI is InChI=1S/C13H20Cl2N4O/c1-4-20-10-6-9(13(10,2)3)17-11-7(14)5-8(15)12(18-11)19-16/h5,9-10H,4,6,16H2,1-3H3,(H2,17,18,19). The van der Waals surface area contributed by atoms with Crippen molar-refractivity contribution in [1.29, 1.82) is 0 Å². The van der Waals surface area contributed by atoms with E-state index in [9.17, 15) is 0 Å². The summed E-state index contributed by atoms with van der Waals surface area (Å²) in [5, 5.41) is 4.22. The number of nitrogens with zero attached hydrogens (tertiary/aromatic N) is 1. The van der Waals surface area contributed by atoms with Crippen molar-refractivity contribution in [3.05, 3.63) is 16.1 Å². The molecule has 2 atom stereocenters. The number of nitrogens with one attached hydrogen (secondary N) is 2. The minimum atomic E-state index is 0.0248. The zero-order valence-electron chi connectivity index (χ0n) is 11.8. The van der Waals surface area contributed by atoms with Crippen LogP contribution in [-0.4, -0.2) is 23.7 Å². The monoisotopic (exact) mass is 318 g/mol. The highest BCUT2D eigenvalue weighted by atomic mass is 35.5. The molecule has 0 radical (unpaired) electrons. The largest absolute Gasteiger partial charge is 0.378 e. The Morgan fingerprint density at radius 1 is 1.40 bits per heavy atom. The van der Waals surface area contributed by atoms with Gasteiger partial charge in [-0.15, -0.1) is 0 Å². The van der Waals surface area contributed by atoms with Crippen molar-refractivity contribution in [2.75, 3.05) is 17.3 Å². The topological polar surface area (TPSA) is 72.2 Å². The molecule has 0 spiro atoms. The molecule has 0 amide bonds. The Hall–Kier alpha value is -0.750. The summed E-state index contributed by atoms with van der Waals surface area (Å²) in [5.41, 5.74) is 2.48. The number of hydrogen-bond acceptors (Lipinski definition) is 5. The fourth-order valence-electron chi connectivity index (χ4n) is 2.45. The lowest BCUT2D eigenvalue weighted by molar-refractivity contribution is -0.0976. The number of hydrogen-bond donors (Lipinski definition) is 3. The SMILES string of the molecule is CCOC1CC(Nc2nc(NN)c(Cl)cc2Cl)C1(C)C. The molecule has 4 N–H and O–H groups in total. The molecule has 20 heavy (non-hydrogen) atoms. The van der Waals surface area contributed by atoms with Crippen molar-refractivity contribution in [2.24, 2.45) is 11.3 Å². The van der Waals surface area contributed by atoms with Gasteiger partial charge in [-0.1, -0.05) is 37.0 Å². The van der Waals surface area contributed by atoms with Crippen LogP contribution in [0.4, 0.5) is 11.6 Å². The molecule has 0 aromatic carbocycles. The first-order valence-electron chi connectivity index (χ1n) is 6.61. The number of rotatable bonds is 5. The molecule has 5 nitrogen and oxygen atoms in total. The molecule has 1 aromatic rings. The second-order valence-corrected chi connectivity index (χ2v) is 6.31. The van der Waals surface area contributed by atoms with Crippen molar-refractivity contribution in [3.8, 4) is 0 Å². The summed E-state index contributed by atoms with van der Waals surface area (Å²) >= 11 is 12.1. The van der Waals surface area contributed by atoms with E-state index in [1.54, 1.807) is 6.07 Å². The van der Waals surface area contributed by atoms with Gasteiger partial charge in [-0.3, -0.25) is 0 Å². The Kier molecular flexibility index (Phi) is 4.64. The number of nitrogen functional groups attached to an aromatic ring is 1. The number of pyridine rings is 1. The predicted molar refractivity (Wildman–Crippen MR) is 83.3 cm³/mol. The molecular formula is C13H20Cl2N4O. The van der Waals surface area contributed by atoms with Gasteiger partial charge in [-0.2, -0.15) is 0 Å². The lowest BCUT2D eigenvalue weighted by atomic mass is 9.64. The van der Waals surface area contributed by atoms with Crippen molar-refractivity contribution < 1.29 is 4.74 Å². The minimum Gasteiger partial charge on any atom is -0.378 e. The van der Waals surface area contributed by atoms with E-state index in [0.717, 1.165) is 13.0 Å². The third kappa shape index (κ3) is 2.81. The molecule has 0 aliphatic heterocycles. The van der Waals surface area contributed by atoms with E-state index in [-0.39, 0.29) is 17.6 Å².